The molecule has 3 heterocycles. The van der Waals surface area contributed by atoms with Gasteiger partial charge in [-0.3, -0.25) is 0 Å². The second-order valence-corrected chi connectivity index (χ2v) is 8.33. The Balaban J connectivity index is 1.72. The summed E-state index contributed by atoms with van der Waals surface area (Å²) < 4.78 is 26.4. The van der Waals surface area contributed by atoms with Gasteiger partial charge in [0, 0.05) is 0 Å². The molecule has 0 aliphatic carbocycles. The molecule has 3 saturated heterocycles. The summed E-state index contributed by atoms with van der Waals surface area (Å²) in [6.07, 6.45) is -25.1. The molecule has 15 atom stereocenters. The van der Waals surface area contributed by atoms with Crippen molar-refractivity contribution in [1.29, 1.82) is 0 Å². The first-order valence-electron chi connectivity index (χ1n) is 10.6. The SMILES string of the molecule is OCC1OC(O)C(O)[C@@H](O)[C@@H]1O[C@@H]1OC(CO)[C@H](O[C@H]2OC(CO)[C@H](O)[C@H](O)C2O)[C@H](O)C1O. The number of aliphatic hydroxyl groups excluding tert-OH is 11. The van der Waals surface area contributed by atoms with Crippen molar-refractivity contribution in [3.05, 3.63) is 0 Å². The quantitative estimate of drug-likeness (QED) is 0.154. The highest BCUT2D eigenvalue weighted by molar-refractivity contribution is 4.96. The molecule has 0 amide bonds. The smallest absolute Gasteiger partial charge is 0.187 e. The van der Waals surface area contributed by atoms with Crippen molar-refractivity contribution in [3.63, 3.8) is 0 Å². The Kier molecular flexibility index (Phi) is 9.54. The van der Waals surface area contributed by atoms with Crippen LogP contribution in [0.15, 0.2) is 0 Å². The van der Waals surface area contributed by atoms with E-state index in [9.17, 15) is 56.2 Å². The molecule has 3 rings (SSSR count). The first-order chi connectivity index (χ1) is 16.0. The van der Waals surface area contributed by atoms with Crippen LogP contribution in [0.5, 0.6) is 0 Å². The molecule has 0 aromatic carbocycles. The van der Waals surface area contributed by atoms with Crippen molar-refractivity contribution in [2.75, 3.05) is 19.8 Å². The Bertz CT molecular complexity index is 635. The molecule has 3 aliphatic rings. The minimum atomic E-state index is -1.91. The largest absolute Gasteiger partial charge is 0.394 e. The lowest BCUT2D eigenvalue weighted by molar-refractivity contribution is -0.377. The van der Waals surface area contributed by atoms with Crippen LogP contribution in [0.2, 0.25) is 0 Å². The van der Waals surface area contributed by atoms with Crippen molar-refractivity contribution in [1.82, 2.24) is 0 Å². The van der Waals surface area contributed by atoms with Crippen LogP contribution in [0, 0.1) is 0 Å². The van der Waals surface area contributed by atoms with Gasteiger partial charge in [0.2, 0.25) is 0 Å². The summed E-state index contributed by atoms with van der Waals surface area (Å²) in [6.45, 7) is -2.32. The van der Waals surface area contributed by atoms with Crippen LogP contribution in [0.3, 0.4) is 0 Å². The molecule has 0 saturated carbocycles. The third kappa shape index (κ3) is 5.37. The molecule has 16 nitrogen and oxygen atoms in total. The van der Waals surface area contributed by atoms with Gasteiger partial charge in [0.15, 0.2) is 18.9 Å². The standard InChI is InChI=1S/C18H32O16/c19-1-4-7(22)8(23)12(27)17(31-4)34-15-6(3-21)32-18(13(28)10(15)25)33-14-5(2-20)30-16(29)11(26)9(14)24/h4-29H,1-3H2/t4?,5?,6?,7-,8-,9+,10+,11?,12?,13?,14+,15-,16?,17+,18-/m0/s1. The lowest BCUT2D eigenvalue weighted by atomic mass is 9.96. The Morgan fingerprint density at radius 1 is 0.441 bits per heavy atom. The van der Waals surface area contributed by atoms with Crippen molar-refractivity contribution < 1.29 is 79.9 Å². The summed E-state index contributed by atoms with van der Waals surface area (Å²) in [4.78, 5) is 0. The highest BCUT2D eigenvalue weighted by Crippen LogP contribution is 2.32. The fourth-order valence-corrected chi connectivity index (χ4v) is 4.06. The van der Waals surface area contributed by atoms with E-state index in [0.29, 0.717) is 0 Å². The van der Waals surface area contributed by atoms with E-state index in [-0.39, 0.29) is 0 Å². The van der Waals surface area contributed by atoms with Crippen molar-refractivity contribution in [2.24, 2.45) is 0 Å². The predicted octanol–water partition coefficient (Wildman–Crippen LogP) is -7.57. The monoisotopic (exact) mass is 504 g/mol. The van der Waals surface area contributed by atoms with E-state index in [0.717, 1.165) is 0 Å². The fraction of sp³-hybridized carbons (Fsp3) is 1.00. The van der Waals surface area contributed by atoms with Crippen LogP contribution in [-0.2, 0) is 23.7 Å². The predicted molar refractivity (Wildman–Crippen MR) is 101 cm³/mol. The molecular formula is C18H32O16. The second kappa shape index (κ2) is 11.6. The summed E-state index contributed by atoms with van der Waals surface area (Å²) in [5.41, 5.74) is 0. The molecular weight excluding hydrogens is 472 g/mol. The van der Waals surface area contributed by atoms with Crippen molar-refractivity contribution in [3.8, 4) is 0 Å². The summed E-state index contributed by atoms with van der Waals surface area (Å²) in [5, 5.41) is 109. The minimum absolute atomic E-state index is 0.741. The average molecular weight is 504 g/mol. The molecule has 11 N–H and O–H groups in total. The van der Waals surface area contributed by atoms with E-state index in [4.69, 9.17) is 23.7 Å². The summed E-state index contributed by atoms with van der Waals surface area (Å²) in [5.74, 6) is 0. The number of hydrogen-bond acceptors (Lipinski definition) is 16. The van der Waals surface area contributed by atoms with Crippen molar-refractivity contribution in [2.45, 2.75) is 92.1 Å². The molecule has 0 aromatic rings. The topological polar surface area (TPSA) is 269 Å². The van der Waals surface area contributed by atoms with Gasteiger partial charge in [-0.25, -0.2) is 0 Å². The van der Waals surface area contributed by atoms with E-state index >= 15 is 0 Å². The van der Waals surface area contributed by atoms with Crippen LogP contribution < -0.4 is 0 Å². The van der Waals surface area contributed by atoms with Gasteiger partial charge >= 0.3 is 0 Å². The van der Waals surface area contributed by atoms with Gasteiger partial charge in [-0.2, -0.15) is 0 Å². The maximum absolute atomic E-state index is 10.6. The fourth-order valence-electron chi connectivity index (χ4n) is 4.06. The van der Waals surface area contributed by atoms with Crippen LogP contribution >= 0.6 is 0 Å². The van der Waals surface area contributed by atoms with Gasteiger partial charge in [-0.05, 0) is 0 Å². The van der Waals surface area contributed by atoms with Gasteiger partial charge in [-0.1, -0.05) is 0 Å². The molecule has 16 heteroatoms. The van der Waals surface area contributed by atoms with Crippen LogP contribution in [0.1, 0.15) is 0 Å². The maximum atomic E-state index is 10.6. The van der Waals surface area contributed by atoms with Crippen molar-refractivity contribution >= 4 is 0 Å². The summed E-state index contributed by atoms with van der Waals surface area (Å²) in [7, 11) is 0. The van der Waals surface area contributed by atoms with Gasteiger partial charge < -0.3 is 79.9 Å². The molecule has 3 aliphatic heterocycles. The number of ether oxygens (including phenoxy) is 5. The molecule has 3 fully saturated rings. The molecule has 0 aromatic heterocycles. The third-order valence-electron chi connectivity index (χ3n) is 6.09. The second-order valence-electron chi connectivity index (χ2n) is 8.33. The zero-order valence-electron chi connectivity index (χ0n) is 17.7. The van der Waals surface area contributed by atoms with Gasteiger partial charge in [-0.15, -0.1) is 0 Å². The number of hydrogen-bond donors (Lipinski definition) is 11. The van der Waals surface area contributed by atoms with E-state index in [1.807, 2.05) is 0 Å². The lowest BCUT2D eigenvalue weighted by Crippen LogP contribution is -2.66. The third-order valence-corrected chi connectivity index (χ3v) is 6.09. The van der Waals surface area contributed by atoms with Gasteiger partial charge in [0.1, 0.15) is 73.2 Å². The zero-order valence-corrected chi connectivity index (χ0v) is 17.7. The zero-order chi connectivity index (χ0) is 25.3. The molecule has 34 heavy (non-hydrogen) atoms. The highest BCUT2D eigenvalue weighted by atomic mass is 16.8. The average Bonchev–Trinajstić information content (AvgIpc) is 2.83. The van der Waals surface area contributed by atoms with E-state index in [1.165, 1.54) is 0 Å². The minimum Gasteiger partial charge on any atom is -0.394 e. The first-order valence-corrected chi connectivity index (χ1v) is 10.6. The number of aliphatic hydroxyl groups is 11. The Hall–Kier alpha value is -0.640. The Morgan fingerprint density at radius 3 is 1.35 bits per heavy atom. The lowest BCUT2D eigenvalue weighted by Gasteiger charge is -2.47. The van der Waals surface area contributed by atoms with Crippen LogP contribution in [0.4, 0.5) is 0 Å². The van der Waals surface area contributed by atoms with Crippen LogP contribution in [0.25, 0.3) is 0 Å². The van der Waals surface area contributed by atoms with Crippen LogP contribution in [-0.4, -0.2) is 168 Å². The first kappa shape index (κ1) is 27.9. The van der Waals surface area contributed by atoms with E-state index < -0.39 is 112 Å². The number of rotatable bonds is 7. The molecule has 0 radical (unpaired) electrons. The van der Waals surface area contributed by atoms with Gasteiger partial charge in [0.25, 0.3) is 0 Å². The molecule has 7 unspecified atom stereocenters. The summed E-state index contributed by atoms with van der Waals surface area (Å²) in [6, 6.07) is 0. The van der Waals surface area contributed by atoms with Gasteiger partial charge in [0.05, 0.1) is 19.8 Å². The Labute approximate surface area is 192 Å². The highest BCUT2D eigenvalue weighted by Gasteiger charge is 2.53. The van der Waals surface area contributed by atoms with E-state index in [2.05, 4.69) is 0 Å². The maximum Gasteiger partial charge on any atom is 0.187 e. The molecule has 0 spiro atoms. The Morgan fingerprint density at radius 2 is 0.853 bits per heavy atom. The molecule has 200 valence electrons. The summed E-state index contributed by atoms with van der Waals surface area (Å²) >= 11 is 0. The van der Waals surface area contributed by atoms with E-state index in [1.54, 1.807) is 0 Å². The normalized spacial score (nSPS) is 52.5. The molecule has 0 bridgehead atoms.